The van der Waals surface area contributed by atoms with Gasteiger partial charge in [0.25, 0.3) is 0 Å². The van der Waals surface area contributed by atoms with Gasteiger partial charge in [-0.1, -0.05) is 13.8 Å². The number of carbonyl (C=O) groups excluding carboxylic acids is 1. The molecule has 3 heteroatoms. The molecule has 1 heterocycles. The van der Waals surface area contributed by atoms with E-state index in [1.54, 1.807) is 0 Å². The molecule has 1 saturated heterocycles. The first-order valence-electron chi connectivity index (χ1n) is 5.83. The van der Waals surface area contributed by atoms with Gasteiger partial charge in [-0.15, -0.1) is 0 Å². The molecule has 2 rings (SSSR count). The third kappa shape index (κ3) is 1.62. The zero-order valence-corrected chi connectivity index (χ0v) is 9.49. The summed E-state index contributed by atoms with van der Waals surface area (Å²) in [6.45, 7) is 5.16. The topological polar surface area (TPSA) is 44.1 Å². The lowest BCUT2D eigenvalue weighted by Crippen LogP contribution is -2.42. The number of nitriles is 1. The summed E-state index contributed by atoms with van der Waals surface area (Å²) >= 11 is 0. The highest BCUT2D eigenvalue weighted by Gasteiger charge is 2.54. The number of nitrogens with zero attached hydrogens (tertiary/aromatic N) is 2. The lowest BCUT2D eigenvalue weighted by molar-refractivity contribution is -0.136. The van der Waals surface area contributed by atoms with Crippen molar-refractivity contribution < 1.29 is 4.79 Å². The monoisotopic (exact) mass is 206 g/mol. The number of carbonyl (C=O) groups is 1. The van der Waals surface area contributed by atoms with Gasteiger partial charge in [-0.3, -0.25) is 4.79 Å². The molecule has 0 spiro atoms. The van der Waals surface area contributed by atoms with E-state index in [1.165, 1.54) is 0 Å². The maximum Gasteiger partial charge on any atom is 0.243 e. The minimum absolute atomic E-state index is 0.0983. The minimum Gasteiger partial charge on any atom is -0.338 e. The predicted molar refractivity (Wildman–Crippen MR) is 56.9 cm³/mol. The van der Waals surface area contributed by atoms with Gasteiger partial charge in [0.2, 0.25) is 5.91 Å². The third-order valence-corrected chi connectivity index (χ3v) is 3.70. The molecule has 1 aliphatic heterocycles. The molecule has 0 aromatic carbocycles. The van der Waals surface area contributed by atoms with Crippen LogP contribution < -0.4 is 0 Å². The zero-order chi connectivity index (χ0) is 11.1. The number of likely N-dealkylation sites (tertiary alicyclic amines) is 1. The maximum atomic E-state index is 12.2. The molecular weight excluding hydrogens is 188 g/mol. The van der Waals surface area contributed by atoms with Gasteiger partial charge in [-0.2, -0.15) is 5.26 Å². The minimum atomic E-state index is -0.628. The van der Waals surface area contributed by atoms with E-state index in [9.17, 15) is 4.79 Å². The Morgan fingerprint density at radius 2 is 2.20 bits per heavy atom. The van der Waals surface area contributed by atoms with Gasteiger partial charge in [0, 0.05) is 12.6 Å². The highest BCUT2D eigenvalue weighted by atomic mass is 16.2. The van der Waals surface area contributed by atoms with Crippen molar-refractivity contribution in [3.8, 4) is 6.07 Å². The first-order valence-corrected chi connectivity index (χ1v) is 5.83. The summed E-state index contributed by atoms with van der Waals surface area (Å²) in [6, 6.07) is 2.56. The molecule has 15 heavy (non-hydrogen) atoms. The van der Waals surface area contributed by atoms with Crippen molar-refractivity contribution in [2.75, 3.05) is 6.54 Å². The van der Waals surface area contributed by atoms with Crippen LogP contribution in [0, 0.1) is 22.7 Å². The number of hydrogen-bond acceptors (Lipinski definition) is 2. The molecule has 3 nitrogen and oxygen atoms in total. The molecule has 0 aromatic rings. The van der Waals surface area contributed by atoms with Gasteiger partial charge in [0.05, 0.1) is 6.07 Å². The van der Waals surface area contributed by atoms with Crippen LogP contribution in [0.15, 0.2) is 0 Å². The van der Waals surface area contributed by atoms with Gasteiger partial charge in [-0.25, -0.2) is 0 Å². The summed E-state index contributed by atoms with van der Waals surface area (Å²) in [6.07, 6.45) is 3.73. The molecule has 1 saturated carbocycles. The fourth-order valence-corrected chi connectivity index (χ4v) is 2.51. The van der Waals surface area contributed by atoms with Crippen LogP contribution in [0.3, 0.4) is 0 Å². The standard InChI is InChI=1S/C12H18N2O/c1-9(2)10-4-3-7-14(10)11(15)12(8-13)5-6-12/h9-10H,3-7H2,1-2H3. The van der Waals surface area contributed by atoms with Crippen LogP contribution >= 0.6 is 0 Å². The summed E-state index contributed by atoms with van der Waals surface area (Å²) in [7, 11) is 0. The lowest BCUT2D eigenvalue weighted by Gasteiger charge is -2.29. The predicted octanol–water partition coefficient (Wildman–Crippen LogP) is 1.94. The summed E-state index contributed by atoms with van der Waals surface area (Å²) in [5.41, 5.74) is -0.628. The first-order chi connectivity index (χ1) is 7.10. The Labute approximate surface area is 91.1 Å². The summed E-state index contributed by atoms with van der Waals surface area (Å²) in [4.78, 5) is 14.1. The number of hydrogen-bond donors (Lipinski definition) is 0. The highest BCUT2D eigenvalue weighted by Crippen LogP contribution is 2.47. The molecule has 0 radical (unpaired) electrons. The van der Waals surface area contributed by atoms with Crippen LogP contribution in [0.25, 0.3) is 0 Å². The Balaban J connectivity index is 2.11. The van der Waals surface area contributed by atoms with Crippen molar-refractivity contribution in [1.29, 1.82) is 5.26 Å². The second kappa shape index (κ2) is 3.52. The van der Waals surface area contributed by atoms with Crippen LogP contribution in [0.1, 0.15) is 39.5 Å². The Morgan fingerprint density at radius 3 is 2.67 bits per heavy atom. The van der Waals surface area contributed by atoms with E-state index in [2.05, 4.69) is 19.9 Å². The molecule has 2 fully saturated rings. The van der Waals surface area contributed by atoms with E-state index in [0.29, 0.717) is 12.0 Å². The van der Waals surface area contributed by atoms with Crippen molar-refractivity contribution in [2.24, 2.45) is 11.3 Å². The SMILES string of the molecule is CC(C)C1CCCN1C(=O)C1(C#N)CC1. The molecule has 1 amide bonds. The third-order valence-electron chi connectivity index (χ3n) is 3.70. The number of rotatable bonds is 2. The van der Waals surface area contributed by atoms with E-state index in [4.69, 9.17) is 5.26 Å². The maximum absolute atomic E-state index is 12.2. The zero-order valence-electron chi connectivity index (χ0n) is 9.49. The van der Waals surface area contributed by atoms with Gasteiger partial charge in [0.1, 0.15) is 5.41 Å². The Bertz CT molecular complexity index is 312. The molecular formula is C12H18N2O. The molecule has 1 atom stereocenters. The molecule has 1 aliphatic carbocycles. The Kier molecular flexibility index (Phi) is 2.46. The lowest BCUT2D eigenvalue weighted by atomic mass is 10.00. The summed E-state index contributed by atoms with van der Waals surface area (Å²) in [5.74, 6) is 0.604. The van der Waals surface area contributed by atoms with E-state index < -0.39 is 5.41 Å². The van der Waals surface area contributed by atoms with Crippen LogP contribution in [-0.4, -0.2) is 23.4 Å². The quantitative estimate of drug-likeness (QED) is 0.693. The van der Waals surface area contributed by atoms with Crippen LogP contribution in [0.5, 0.6) is 0 Å². The molecule has 1 unspecified atom stereocenters. The smallest absolute Gasteiger partial charge is 0.243 e. The Hall–Kier alpha value is -1.04. The summed E-state index contributed by atoms with van der Waals surface area (Å²) < 4.78 is 0. The first kappa shape index (κ1) is 10.5. The average molecular weight is 206 g/mol. The summed E-state index contributed by atoms with van der Waals surface area (Å²) in [5, 5.41) is 9.01. The van der Waals surface area contributed by atoms with Gasteiger partial charge >= 0.3 is 0 Å². The number of amides is 1. The van der Waals surface area contributed by atoms with Crippen LogP contribution in [0.2, 0.25) is 0 Å². The van der Waals surface area contributed by atoms with Crippen molar-refractivity contribution >= 4 is 5.91 Å². The second-order valence-corrected chi connectivity index (χ2v) is 5.15. The van der Waals surface area contributed by atoms with Crippen LogP contribution in [0.4, 0.5) is 0 Å². The molecule has 0 aromatic heterocycles. The molecule has 2 aliphatic rings. The van der Waals surface area contributed by atoms with Crippen molar-refractivity contribution in [3.63, 3.8) is 0 Å². The van der Waals surface area contributed by atoms with Crippen molar-refractivity contribution in [3.05, 3.63) is 0 Å². The average Bonchev–Trinajstić information content (AvgIpc) is 2.86. The fourth-order valence-electron chi connectivity index (χ4n) is 2.51. The van der Waals surface area contributed by atoms with Crippen molar-refractivity contribution in [1.82, 2.24) is 4.90 Å². The van der Waals surface area contributed by atoms with Crippen molar-refractivity contribution in [2.45, 2.75) is 45.6 Å². The molecule has 82 valence electrons. The van der Waals surface area contributed by atoms with E-state index in [-0.39, 0.29) is 5.91 Å². The fraction of sp³-hybridized carbons (Fsp3) is 0.833. The largest absolute Gasteiger partial charge is 0.338 e. The second-order valence-electron chi connectivity index (χ2n) is 5.15. The molecule has 0 N–H and O–H groups in total. The van der Waals surface area contributed by atoms with Gasteiger partial charge < -0.3 is 4.90 Å². The normalized spacial score (nSPS) is 27.9. The van der Waals surface area contributed by atoms with E-state index >= 15 is 0 Å². The van der Waals surface area contributed by atoms with Crippen LogP contribution in [-0.2, 0) is 4.79 Å². The molecule has 0 bridgehead atoms. The van der Waals surface area contributed by atoms with E-state index in [1.807, 2.05) is 4.90 Å². The van der Waals surface area contributed by atoms with Gasteiger partial charge in [-0.05, 0) is 31.6 Å². The highest BCUT2D eigenvalue weighted by molar-refractivity contribution is 5.88. The Morgan fingerprint density at radius 1 is 1.53 bits per heavy atom. The van der Waals surface area contributed by atoms with E-state index in [0.717, 1.165) is 32.2 Å². The van der Waals surface area contributed by atoms with Gasteiger partial charge in [0.15, 0.2) is 0 Å².